The molecule has 4 aliphatic rings. The maximum Gasteiger partial charge on any atom is 0.337 e. The predicted molar refractivity (Wildman–Crippen MR) is 68.5 cm³/mol. The lowest BCUT2D eigenvalue weighted by atomic mass is 9.78. The summed E-state index contributed by atoms with van der Waals surface area (Å²) in [6, 6.07) is 0. The van der Waals surface area contributed by atoms with Crippen LogP contribution in [-0.4, -0.2) is 37.0 Å². The zero-order valence-corrected chi connectivity index (χ0v) is 11.6. The second-order valence-corrected chi connectivity index (χ2v) is 5.48. The number of methoxy groups -OCH3 is 1. The van der Waals surface area contributed by atoms with E-state index in [1.165, 1.54) is 13.4 Å². The first-order chi connectivity index (χ1) is 10.1. The van der Waals surface area contributed by atoms with Gasteiger partial charge in [-0.2, -0.15) is 0 Å². The number of ether oxygens (including phenoxy) is 4. The zero-order chi connectivity index (χ0) is 14.8. The second-order valence-electron chi connectivity index (χ2n) is 5.48. The van der Waals surface area contributed by atoms with Gasteiger partial charge in [0, 0.05) is 5.92 Å². The Kier molecular flexibility index (Phi) is 2.39. The molecule has 21 heavy (non-hydrogen) atoms. The van der Waals surface area contributed by atoms with Crippen LogP contribution < -0.4 is 0 Å². The minimum atomic E-state index is -0.873. The Balaban J connectivity index is 1.78. The Labute approximate surface area is 121 Å². The molecule has 5 atom stereocenters. The van der Waals surface area contributed by atoms with Gasteiger partial charge in [0.25, 0.3) is 0 Å². The van der Waals surface area contributed by atoms with Crippen LogP contribution in [0.4, 0.5) is 0 Å². The van der Waals surface area contributed by atoms with Crippen molar-refractivity contribution in [1.29, 1.82) is 0 Å². The monoisotopic (exact) mass is 290 g/mol. The number of carbonyl (C=O) groups excluding carboxylic acids is 2. The molecule has 0 aromatic heterocycles. The van der Waals surface area contributed by atoms with Crippen molar-refractivity contribution in [1.82, 2.24) is 0 Å². The molecule has 0 aromatic carbocycles. The Morgan fingerprint density at radius 2 is 2.29 bits per heavy atom. The van der Waals surface area contributed by atoms with Crippen LogP contribution in [-0.2, 0) is 28.5 Å². The van der Waals surface area contributed by atoms with E-state index >= 15 is 0 Å². The van der Waals surface area contributed by atoms with Gasteiger partial charge in [-0.3, -0.25) is 0 Å². The zero-order valence-electron chi connectivity index (χ0n) is 11.6. The molecule has 0 aromatic rings. The molecule has 4 rings (SSSR count). The van der Waals surface area contributed by atoms with Crippen molar-refractivity contribution < 1.29 is 28.5 Å². The Morgan fingerprint density at radius 1 is 1.48 bits per heavy atom. The van der Waals surface area contributed by atoms with E-state index in [1.807, 2.05) is 12.2 Å². The molecule has 3 heterocycles. The lowest BCUT2D eigenvalue weighted by Gasteiger charge is -2.32. The molecule has 0 saturated carbocycles. The number of rotatable bonds is 1. The fourth-order valence-electron chi connectivity index (χ4n) is 3.74. The van der Waals surface area contributed by atoms with Crippen molar-refractivity contribution in [2.24, 2.45) is 11.8 Å². The fourth-order valence-corrected chi connectivity index (χ4v) is 3.74. The van der Waals surface area contributed by atoms with Crippen LogP contribution in [0.3, 0.4) is 0 Å². The van der Waals surface area contributed by atoms with Gasteiger partial charge in [-0.25, -0.2) is 9.59 Å². The van der Waals surface area contributed by atoms with E-state index in [2.05, 4.69) is 0 Å². The molecule has 3 aliphatic heterocycles. The first-order valence-corrected chi connectivity index (χ1v) is 6.80. The Morgan fingerprint density at radius 3 is 3.00 bits per heavy atom. The van der Waals surface area contributed by atoms with E-state index in [0.717, 1.165) is 0 Å². The SMILES string of the molecule is C/C=C1\C(=O)O[C@@]23C=C[C@H]4C(C(=O)OC)=CO[C@@H](O[C@H]12)[C@H]43. The van der Waals surface area contributed by atoms with E-state index in [0.29, 0.717) is 11.1 Å². The summed E-state index contributed by atoms with van der Waals surface area (Å²) in [7, 11) is 1.32. The van der Waals surface area contributed by atoms with Crippen molar-refractivity contribution in [2.75, 3.05) is 7.11 Å². The summed E-state index contributed by atoms with van der Waals surface area (Å²) >= 11 is 0. The van der Waals surface area contributed by atoms with Crippen LogP contribution in [0.1, 0.15) is 6.92 Å². The summed E-state index contributed by atoms with van der Waals surface area (Å²) in [6.45, 7) is 1.77. The molecule has 0 unspecified atom stereocenters. The quantitative estimate of drug-likeness (QED) is 0.405. The maximum atomic E-state index is 12.0. The standard InChI is InChI=1S/C15H14O6/c1-3-7-11-15(21-13(7)17)5-4-8-9(12(16)18-2)6-19-14(20-11)10(8)15/h3-6,8,10-11,14H,1-2H3/b7-3-/t8-,10-,11+,14-,15+/m0/s1. The third-order valence-corrected chi connectivity index (χ3v) is 4.65. The van der Waals surface area contributed by atoms with Crippen LogP contribution in [0, 0.1) is 11.8 Å². The van der Waals surface area contributed by atoms with E-state index in [9.17, 15) is 9.59 Å². The highest BCUT2D eigenvalue weighted by Gasteiger charge is 2.70. The highest BCUT2D eigenvalue weighted by Crippen LogP contribution is 2.57. The summed E-state index contributed by atoms with van der Waals surface area (Å²) < 4.78 is 21.8. The lowest BCUT2D eigenvalue weighted by Crippen LogP contribution is -2.43. The van der Waals surface area contributed by atoms with Gasteiger partial charge in [0.05, 0.1) is 30.4 Å². The third kappa shape index (κ3) is 1.35. The Hall–Kier alpha value is -2.08. The predicted octanol–water partition coefficient (Wildman–Crippen LogP) is 0.842. The van der Waals surface area contributed by atoms with Crippen LogP contribution in [0.25, 0.3) is 0 Å². The molecule has 0 radical (unpaired) electrons. The normalized spacial score (nSPS) is 44.0. The maximum absolute atomic E-state index is 12.0. The molecule has 1 aliphatic carbocycles. The van der Waals surface area contributed by atoms with Gasteiger partial charge in [0.1, 0.15) is 6.10 Å². The molecule has 6 heteroatoms. The number of hydrogen-bond donors (Lipinski definition) is 0. The molecule has 110 valence electrons. The van der Waals surface area contributed by atoms with Crippen molar-refractivity contribution in [3.8, 4) is 0 Å². The van der Waals surface area contributed by atoms with E-state index < -0.39 is 24.0 Å². The number of esters is 2. The number of allylic oxidation sites excluding steroid dienone is 2. The van der Waals surface area contributed by atoms with Crippen LogP contribution in [0.15, 0.2) is 35.6 Å². The molecular formula is C15H14O6. The van der Waals surface area contributed by atoms with E-state index in [1.54, 1.807) is 13.0 Å². The molecule has 0 N–H and O–H groups in total. The van der Waals surface area contributed by atoms with Crippen molar-refractivity contribution in [2.45, 2.75) is 24.9 Å². The molecule has 0 amide bonds. The van der Waals surface area contributed by atoms with Crippen molar-refractivity contribution in [3.63, 3.8) is 0 Å². The largest absolute Gasteiger partial charge is 0.471 e. The first-order valence-electron chi connectivity index (χ1n) is 6.80. The van der Waals surface area contributed by atoms with Gasteiger partial charge >= 0.3 is 11.9 Å². The third-order valence-electron chi connectivity index (χ3n) is 4.65. The highest BCUT2D eigenvalue weighted by atomic mass is 16.7. The first kappa shape index (κ1) is 12.6. The topological polar surface area (TPSA) is 71.1 Å². The number of carbonyl (C=O) groups is 2. The molecular weight excluding hydrogens is 276 g/mol. The van der Waals surface area contributed by atoms with Crippen LogP contribution >= 0.6 is 0 Å². The lowest BCUT2D eigenvalue weighted by molar-refractivity contribution is -0.152. The van der Waals surface area contributed by atoms with Gasteiger partial charge in [0.2, 0.25) is 6.29 Å². The minimum Gasteiger partial charge on any atom is -0.471 e. The molecule has 2 fully saturated rings. The molecule has 0 bridgehead atoms. The van der Waals surface area contributed by atoms with Gasteiger partial charge in [-0.15, -0.1) is 0 Å². The summed E-state index contributed by atoms with van der Waals surface area (Å²) in [4.78, 5) is 23.8. The van der Waals surface area contributed by atoms with Gasteiger partial charge in [0.15, 0.2) is 5.60 Å². The van der Waals surface area contributed by atoms with Gasteiger partial charge in [-0.05, 0) is 13.0 Å². The summed E-state index contributed by atoms with van der Waals surface area (Å²) in [5, 5.41) is 0. The number of hydrogen-bond acceptors (Lipinski definition) is 6. The summed E-state index contributed by atoms with van der Waals surface area (Å²) in [5.41, 5.74) is 0.0425. The average Bonchev–Trinajstić information content (AvgIpc) is 3.08. The smallest absolute Gasteiger partial charge is 0.337 e. The Bertz CT molecular complexity index is 630. The van der Waals surface area contributed by atoms with Crippen LogP contribution in [0.2, 0.25) is 0 Å². The summed E-state index contributed by atoms with van der Waals surface area (Å²) in [5.74, 6) is -1.31. The minimum absolute atomic E-state index is 0.231. The molecule has 1 spiro atoms. The van der Waals surface area contributed by atoms with E-state index in [4.69, 9.17) is 18.9 Å². The van der Waals surface area contributed by atoms with Crippen molar-refractivity contribution in [3.05, 3.63) is 35.6 Å². The fraction of sp³-hybridized carbons (Fsp3) is 0.467. The summed E-state index contributed by atoms with van der Waals surface area (Å²) in [6.07, 6.45) is 5.77. The van der Waals surface area contributed by atoms with Gasteiger partial charge in [-0.1, -0.05) is 12.2 Å². The average molecular weight is 290 g/mol. The molecule has 2 saturated heterocycles. The molecule has 6 nitrogen and oxygen atoms in total. The highest BCUT2D eigenvalue weighted by molar-refractivity contribution is 5.94. The van der Waals surface area contributed by atoms with Crippen molar-refractivity contribution >= 4 is 11.9 Å². The van der Waals surface area contributed by atoms with Crippen LogP contribution in [0.5, 0.6) is 0 Å². The second kappa shape index (κ2) is 3.98. The van der Waals surface area contributed by atoms with Gasteiger partial charge < -0.3 is 18.9 Å². The van der Waals surface area contributed by atoms with E-state index in [-0.39, 0.29) is 17.8 Å².